The fourth-order valence-electron chi connectivity index (χ4n) is 2.14. The Morgan fingerprint density at radius 3 is 2.42 bits per heavy atom. The van der Waals surface area contributed by atoms with Crippen molar-refractivity contribution in [1.82, 2.24) is 0 Å². The summed E-state index contributed by atoms with van der Waals surface area (Å²) in [5, 5.41) is 9.62. The standard InChI is InChI=1S/C21H26O3/c1-3-4-5-6-7-8-9-10-11-12-19(22)15-13-18-14-16-20(23)21(17-18)24-2/h3-13,16,21,23H,14-15,17H2,1-2H3. The van der Waals surface area contributed by atoms with Gasteiger partial charge in [0.15, 0.2) is 5.78 Å². The predicted molar refractivity (Wildman–Crippen MR) is 99.8 cm³/mol. The van der Waals surface area contributed by atoms with Crippen molar-refractivity contribution in [1.29, 1.82) is 0 Å². The van der Waals surface area contributed by atoms with Gasteiger partial charge in [0.2, 0.25) is 0 Å². The van der Waals surface area contributed by atoms with Crippen LogP contribution in [0.2, 0.25) is 0 Å². The van der Waals surface area contributed by atoms with E-state index in [9.17, 15) is 9.90 Å². The van der Waals surface area contributed by atoms with Gasteiger partial charge in [0.1, 0.15) is 11.9 Å². The second-order valence-electron chi connectivity index (χ2n) is 5.33. The summed E-state index contributed by atoms with van der Waals surface area (Å²) in [7, 11) is 1.57. The van der Waals surface area contributed by atoms with Gasteiger partial charge in [-0.15, -0.1) is 0 Å². The molecule has 128 valence electrons. The van der Waals surface area contributed by atoms with Crippen LogP contribution in [0.4, 0.5) is 0 Å². The van der Waals surface area contributed by atoms with Crippen molar-refractivity contribution in [3.8, 4) is 0 Å². The number of ketones is 1. The van der Waals surface area contributed by atoms with E-state index >= 15 is 0 Å². The Balaban J connectivity index is 2.37. The number of allylic oxidation sites excluding steroid dienone is 12. The third-order valence-electron chi connectivity index (χ3n) is 3.48. The van der Waals surface area contributed by atoms with Crippen molar-refractivity contribution < 1.29 is 14.6 Å². The Hall–Kier alpha value is -2.39. The second kappa shape index (κ2) is 12.1. The summed E-state index contributed by atoms with van der Waals surface area (Å²) in [6.07, 6.45) is 23.7. The van der Waals surface area contributed by atoms with Crippen molar-refractivity contribution in [3.05, 3.63) is 84.2 Å². The highest BCUT2D eigenvalue weighted by atomic mass is 16.5. The Kier molecular flexibility index (Phi) is 9.90. The SMILES string of the molecule is CC=CC=CC=CC=CC=CC(=O)CC=C1CC=C(O)C(OC)C1. The maximum absolute atomic E-state index is 11.8. The fourth-order valence-corrected chi connectivity index (χ4v) is 2.14. The Morgan fingerprint density at radius 2 is 1.79 bits per heavy atom. The fraction of sp³-hybridized carbons (Fsp3) is 0.286. The average Bonchev–Trinajstić information content (AvgIpc) is 2.59. The normalized spacial score (nSPS) is 21.2. The van der Waals surface area contributed by atoms with E-state index in [4.69, 9.17) is 4.74 Å². The molecule has 0 heterocycles. The van der Waals surface area contributed by atoms with Gasteiger partial charge in [-0.25, -0.2) is 0 Å². The van der Waals surface area contributed by atoms with Crippen LogP contribution in [0.15, 0.2) is 84.2 Å². The molecule has 1 aliphatic carbocycles. The third-order valence-corrected chi connectivity index (χ3v) is 3.48. The van der Waals surface area contributed by atoms with Crippen LogP contribution in [0.25, 0.3) is 0 Å². The van der Waals surface area contributed by atoms with Gasteiger partial charge in [-0.1, -0.05) is 66.3 Å². The summed E-state index contributed by atoms with van der Waals surface area (Å²) in [6, 6.07) is 0. The predicted octanol–water partition coefficient (Wildman–Crippen LogP) is 4.92. The Bertz CT molecular complexity index is 599. The number of hydrogen-bond donors (Lipinski definition) is 1. The van der Waals surface area contributed by atoms with Crippen LogP contribution < -0.4 is 0 Å². The summed E-state index contributed by atoms with van der Waals surface area (Å²) in [4.78, 5) is 11.8. The molecule has 0 radical (unpaired) electrons. The smallest absolute Gasteiger partial charge is 0.159 e. The number of aliphatic hydroxyl groups excluding tert-OH is 1. The molecular weight excluding hydrogens is 300 g/mol. The molecule has 0 spiro atoms. The van der Waals surface area contributed by atoms with Gasteiger partial charge in [-0.3, -0.25) is 4.79 Å². The molecule has 3 heteroatoms. The number of carbonyl (C=O) groups excluding carboxylic acids is 1. The van der Waals surface area contributed by atoms with E-state index in [0.717, 1.165) is 5.57 Å². The molecule has 1 N–H and O–H groups in total. The molecule has 0 aliphatic heterocycles. The zero-order chi connectivity index (χ0) is 17.6. The van der Waals surface area contributed by atoms with Gasteiger partial charge in [-0.05, 0) is 25.5 Å². The molecule has 0 fully saturated rings. The van der Waals surface area contributed by atoms with E-state index in [1.807, 2.05) is 61.6 Å². The molecule has 0 saturated heterocycles. The number of aliphatic hydroxyl groups is 1. The zero-order valence-electron chi connectivity index (χ0n) is 14.4. The van der Waals surface area contributed by atoms with Crippen LogP contribution in [-0.4, -0.2) is 24.1 Å². The van der Waals surface area contributed by atoms with Gasteiger partial charge in [0, 0.05) is 20.0 Å². The molecular formula is C21H26O3. The molecule has 1 aliphatic rings. The summed E-state index contributed by atoms with van der Waals surface area (Å²) in [6.45, 7) is 1.97. The van der Waals surface area contributed by atoms with Gasteiger partial charge >= 0.3 is 0 Å². The minimum Gasteiger partial charge on any atom is -0.510 e. The minimum absolute atomic E-state index is 0.0526. The number of carbonyl (C=O) groups is 1. The van der Waals surface area contributed by atoms with Gasteiger partial charge in [0.25, 0.3) is 0 Å². The summed E-state index contributed by atoms with van der Waals surface area (Å²) in [5.74, 6) is 0.330. The highest BCUT2D eigenvalue weighted by Gasteiger charge is 2.18. The first kappa shape index (κ1) is 19.7. The number of methoxy groups -OCH3 is 1. The molecule has 24 heavy (non-hydrogen) atoms. The largest absolute Gasteiger partial charge is 0.510 e. The molecule has 0 aromatic rings. The highest BCUT2D eigenvalue weighted by molar-refractivity contribution is 5.91. The molecule has 3 nitrogen and oxygen atoms in total. The Labute approximate surface area is 144 Å². The van der Waals surface area contributed by atoms with E-state index in [-0.39, 0.29) is 17.6 Å². The first-order valence-electron chi connectivity index (χ1n) is 8.09. The highest BCUT2D eigenvalue weighted by Crippen LogP contribution is 2.24. The lowest BCUT2D eigenvalue weighted by molar-refractivity contribution is -0.113. The van der Waals surface area contributed by atoms with E-state index in [0.29, 0.717) is 19.3 Å². The van der Waals surface area contributed by atoms with E-state index in [1.165, 1.54) is 0 Å². The first-order valence-corrected chi connectivity index (χ1v) is 8.09. The second-order valence-corrected chi connectivity index (χ2v) is 5.33. The van der Waals surface area contributed by atoms with Crippen LogP contribution in [-0.2, 0) is 9.53 Å². The van der Waals surface area contributed by atoms with Crippen LogP contribution in [0.3, 0.4) is 0 Å². The average molecular weight is 326 g/mol. The molecule has 0 aromatic heterocycles. The lowest BCUT2D eigenvalue weighted by Gasteiger charge is -2.20. The lowest BCUT2D eigenvalue weighted by atomic mass is 9.96. The monoisotopic (exact) mass is 326 g/mol. The van der Waals surface area contributed by atoms with Crippen molar-refractivity contribution in [3.63, 3.8) is 0 Å². The quantitative estimate of drug-likeness (QED) is 0.391. The minimum atomic E-state index is -0.285. The molecule has 1 unspecified atom stereocenters. The van der Waals surface area contributed by atoms with Crippen molar-refractivity contribution in [2.45, 2.75) is 32.3 Å². The van der Waals surface area contributed by atoms with Gasteiger partial charge < -0.3 is 9.84 Å². The summed E-state index contributed by atoms with van der Waals surface area (Å²) in [5.41, 5.74) is 1.12. The molecule has 0 aromatic carbocycles. The van der Waals surface area contributed by atoms with Crippen LogP contribution in [0.5, 0.6) is 0 Å². The molecule has 0 saturated carbocycles. The molecule has 1 rings (SSSR count). The van der Waals surface area contributed by atoms with Crippen LogP contribution in [0.1, 0.15) is 26.2 Å². The van der Waals surface area contributed by atoms with Gasteiger partial charge in [0.05, 0.1) is 0 Å². The van der Waals surface area contributed by atoms with E-state index in [2.05, 4.69) is 0 Å². The summed E-state index contributed by atoms with van der Waals surface area (Å²) >= 11 is 0. The molecule has 0 amide bonds. The van der Waals surface area contributed by atoms with Crippen molar-refractivity contribution in [2.24, 2.45) is 0 Å². The topological polar surface area (TPSA) is 46.5 Å². The molecule has 0 bridgehead atoms. The number of hydrogen-bond acceptors (Lipinski definition) is 3. The van der Waals surface area contributed by atoms with E-state index < -0.39 is 0 Å². The maximum Gasteiger partial charge on any atom is 0.159 e. The lowest BCUT2D eigenvalue weighted by Crippen LogP contribution is -2.18. The third kappa shape index (κ3) is 8.30. The Morgan fingerprint density at radius 1 is 1.17 bits per heavy atom. The first-order chi connectivity index (χ1) is 11.7. The number of ether oxygens (including phenoxy) is 1. The van der Waals surface area contributed by atoms with Crippen molar-refractivity contribution >= 4 is 5.78 Å². The van der Waals surface area contributed by atoms with Gasteiger partial charge in [-0.2, -0.15) is 0 Å². The van der Waals surface area contributed by atoms with Crippen LogP contribution >= 0.6 is 0 Å². The zero-order valence-corrected chi connectivity index (χ0v) is 14.4. The van der Waals surface area contributed by atoms with E-state index in [1.54, 1.807) is 25.3 Å². The molecule has 1 atom stereocenters. The van der Waals surface area contributed by atoms with Crippen LogP contribution in [0, 0.1) is 0 Å². The maximum atomic E-state index is 11.8. The van der Waals surface area contributed by atoms with Crippen molar-refractivity contribution in [2.75, 3.05) is 7.11 Å². The summed E-state index contributed by atoms with van der Waals surface area (Å²) < 4.78 is 5.19. The number of rotatable bonds is 8.